The van der Waals surface area contributed by atoms with Gasteiger partial charge in [-0.1, -0.05) is 6.92 Å². The molecule has 3 rings (SSSR count). The van der Waals surface area contributed by atoms with Gasteiger partial charge in [-0.25, -0.2) is 9.67 Å². The molecule has 8 heteroatoms. The SMILES string of the molecule is CCc1nc(CC(=O)N2CCCC(n3ncc(N(C)C(C)C)cc3=O)C2)cs1. The number of nitrogens with zero attached hydrogens (tertiary/aromatic N) is 5. The smallest absolute Gasteiger partial charge is 0.269 e. The van der Waals surface area contributed by atoms with Gasteiger partial charge < -0.3 is 9.80 Å². The summed E-state index contributed by atoms with van der Waals surface area (Å²) in [6.45, 7) is 7.46. The average molecular weight is 404 g/mol. The predicted octanol–water partition coefficient (Wildman–Crippen LogP) is 2.51. The van der Waals surface area contributed by atoms with Gasteiger partial charge in [-0.2, -0.15) is 5.10 Å². The van der Waals surface area contributed by atoms with Crippen LogP contribution in [0, 0.1) is 0 Å². The molecule has 2 aromatic heterocycles. The molecule has 1 amide bonds. The number of amides is 1. The van der Waals surface area contributed by atoms with Crippen molar-refractivity contribution in [2.75, 3.05) is 25.0 Å². The second-order valence-corrected chi connectivity index (χ2v) is 8.54. The van der Waals surface area contributed by atoms with Gasteiger partial charge in [-0.15, -0.1) is 11.3 Å². The summed E-state index contributed by atoms with van der Waals surface area (Å²) in [5.74, 6) is 0.0712. The van der Waals surface area contributed by atoms with E-state index in [1.165, 1.54) is 4.68 Å². The molecular weight excluding hydrogens is 374 g/mol. The molecule has 2 aromatic rings. The van der Waals surface area contributed by atoms with Crippen LogP contribution >= 0.6 is 11.3 Å². The van der Waals surface area contributed by atoms with Crippen molar-refractivity contribution in [2.45, 2.75) is 58.5 Å². The third-order valence-corrected chi connectivity index (χ3v) is 6.36. The summed E-state index contributed by atoms with van der Waals surface area (Å²) in [5.41, 5.74) is 1.54. The first kappa shape index (κ1) is 20.5. The molecule has 1 aliphatic heterocycles. The van der Waals surface area contributed by atoms with Crippen molar-refractivity contribution in [2.24, 2.45) is 0 Å². The van der Waals surface area contributed by atoms with Crippen molar-refractivity contribution < 1.29 is 4.79 Å². The summed E-state index contributed by atoms with van der Waals surface area (Å²) in [7, 11) is 1.95. The Kier molecular flexibility index (Phi) is 6.49. The fourth-order valence-corrected chi connectivity index (χ4v) is 4.16. The average Bonchev–Trinajstić information content (AvgIpc) is 3.14. The highest BCUT2D eigenvalue weighted by atomic mass is 32.1. The Hall–Kier alpha value is -2.22. The third-order valence-electron chi connectivity index (χ3n) is 5.32. The maximum absolute atomic E-state index is 12.7. The number of thiazole rings is 1. The molecule has 0 aromatic carbocycles. The minimum absolute atomic E-state index is 0.0712. The summed E-state index contributed by atoms with van der Waals surface area (Å²) >= 11 is 1.60. The van der Waals surface area contributed by atoms with E-state index in [-0.39, 0.29) is 17.5 Å². The highest BCUT2D eigenvalue weighted by molar-refractivity contribution is 7.09. The van der Waals surface area contributed by atoms with Gasteiger partial charge in [0.15, 0.2) is 0 Å². The largest absolute Gasteiger partial charge is 0.371 e. The maximum Gasteiger partial charge on any atom is 0.269 e. The molecule has 0 N–H and O–H groups in total. The lowest BCUT2D eigenvalue weighted by Crippen LogP contribution is -2.44. The minimum Gasteiger partial charge on any atom is -0.371 e. The van der Waals surface area contributed by atoms with Crippen LogP contribution in [0.5, 0.6) is 0 Å². The molecular formula is C20H29N5O2S. The Morgan fingerprint density at radius 1 is 1.43 bits per heavy atom. The van der Waals surface area contributed by atoms with Gasteiger partial charge in [0.2, 0.25) is 5.91 Å². The molecule has 1 fully saturated rings. The summed E-state index contributed by atoms with van der Waals surface area (Å²) in [6.07, 6.45) is 4.68. The van der Waals surface area contributed by atoms with Crippen molar-refractivity contribution >= 4 is 22.9 Å². The zero-order valence-electron chi connectivity index (χ0n) is 17.1. The van der Waals surface area contributed by atoms with E-state index >= 15 is 0 Å². The van der Waals surface area contributed by atoms with Gasteiger partial charge in [0.1, 0.15) is 0 Å². The number of piperidine rings is 1. The van der Waals surface area contributed by atoms with Crippen molar-refractivity contribution in [1.29, 1.82) is 0 Å². The van der Waals surface area contributed by atoms with Gasteiger partial charge >= 0.3 is 0 Å². The van der Waals surface area contributed by atoms with Crippen LogP contribution < -0.4 is 10.5 Å². The van der Waals surface area contributed by atoms with Crippen molar-refractivity contribution in [3.63, 3.8) is 0 Å². The van der Waals surface area contributed by atoms with E-state index in [0.29, 0.717) is 19.0 Å². The first-order valence-corrected chi connectivity index (χ1v) is 10.8. The van der Waals surface area contributed by atoms with Gasteiger partial charge in [0.05, 0.1) is 35.0 Å². The van der Waals surface area contributed by atoms with Crippen LogP contribution in [0.4, 0.5) is 5.69 Å². The van der Waals surface area contributed by atoms with E-state index in [2.05, 4.69) is 30.9 Å². The second-order valence-electron chi connectivity index (χ2n) is 7.60. The highest BCUT2D eigenvalue weighted by Crippen LogP contribution is 2.21. The Balaban J connectivity index is 1.69. The summed E-state index contributed by atoms with van der Waals surface area (Å²) in [5, 5.41) is 7.43. The number of aromatic nitrogens is 3. The van der Waals surface area contributed by atoms with Crippen LogP contribution in [0.2, 0.25) is 0 Å². The molecule has 28 heavy (non-hydrogen) atoms. The first-order valence-electron chi connectivity index (χ1n) is 9.91. The van der Waals surface area contributed by atoms with Crippen LogP contribution in [0.25, 0.3) is 0 Å². The standard InChI is InChI=1S/C20H29N5O2S/c1-5-18-22-15(13-28-18)9-19(26)24-8-6-7-16(12-24)25-20(27)10-17(11-21-25)23(4)14(2)3/h10-11,13-14,16H,5-9,12H2,1-4H3. The van der Waals surface area contributed by atoms with E-state index < -0.39 is 0 Å². The lowest BCUT2D eigenvalue weighted by atomic mass is 10.1. The van der Waals surface area contributed by atoms with E-state index in [9.17, 15) is 9.59 Å². The molecule has 1 aliphatic rings. The molecule has 1 unspecified atom stereocenters. The number of hydrogen-bond acceptors (Lipinski definition) is 6. The van der Waals surface area contributed by atoms with E-state index in [0.717, 1.165) is 42.2 Å². The topological polar surface area (TPSA) is 71.3 Å². The van der Waals surface area contributed by atoms with Gasteiger partial charge in [-0.05, 0) is 33.1 Å². The minimum atomic E-state index is -0.114. The van der Waals surface area contributed by atoms with E-state index in [1.807, 2.05) is 22.2 Å². The first-order chi connectivity index (χ1) is 13.4. The number of hydrogen-bond donors (Lipinski definition) is 0. The molecule has 0 spiro atoms. The van der Waals surface area contributed by atoms with E-state index in [4.69, 9.17) is 0 Å². The van der Waals surface area contributed by atoms with E-state index in [1.54, 1.807) is 23.6 Å². The number of anilines is 1. The third kappa shape index (κ3) is 4.60. The fourth-order valence-electron chi connectivity index (χ4n) is 3.41. The van der Waals surface area contributed by atoms with Gasteiger partial charge in [-0.3, -0.25) is 9.59 Å². The molecule has 0 bridgehead atoms. The van der Waals surface area contributed by atoms with Crippen LogP contribution in [0.15, 0.2) is 22.4 Å². The molecule has 0 aliphatic carbocycles. The molecule has 1 saturated heterocycles. The number of aryl methyl sites for hydroxylation is 1. The number of carbonyl (C=O) groups is 1. The lowest BCUT2D eigenvalue weighted by molar-refractivity contribution is -0.132. The number of likely N-dealkylation sites (tertiary alicyclic amines) is 1. The molecule has 1 atom stereocenters. The highest BCUT2D eigenvalue weighted by Gasteiger charge is 2.26. The lowest BCUT2D eigenvalue weighted by Gasteiger charge is -2.33. The summed E-state index contributed by atoms with van der Waals surface area (Å²) in [4.78, 5) is 33.7. The van der Waals surface area contributed by atoms with Crippen molar-refractivity contribution in [1.82, 2.24) is 19.7 Å². The number of carbonyl (C=O) groups excluding carboxylic acids is 1. The normalized spacial score (nSPS) is 17.2. The number of rotatable bonds is 6. The molecule has 0 radical (unpaired) electrons. The maximum atomic E-state index is 12.7. The quantitative estimate of drug-likeness (QED) is 0.741. The van der Waals surface area contributed by atoms with Crippen LogP contribution in [-0.4, -0.2) is 51.8 Å². The molecule has 0 saturated carbocycles. The zero-order chi connectivity index (χ0) is 20.3. The second kappa shape index (κ2) is 8.86. The Morgan fingerprint density at radius 2 is 2.21 bits per heavy atom. The molecule has 7 nitrogen and oxygen atoms in total. The molecule has 152 valence electrons. The summed E-state index contributed by atoms with van der Waals surface area (Å²) in [6, 6.07) is 1.85. The van der Waals surface area contributed by atoms with Crippen LogP contribution in [0.1, 0.15) is 50.4 Å². The Labute approximate surface area is 170 Å². The zero-order valence-corrected chi connectivity index (χ0v) is 17.9. The fraction of sp³-hybridized carbons (Fsp3) is 0.600. The van der Waals surface area contributed by atoms with Crippen molar-refractivity contribution in [3.8, 4) is 0 Å². The Morgan fingerprint density at radius 3 is 2.86 bits per heavy atom. The van der Waals surface area contributed by atoms with Crippen LogP contribution in [-0.2, 0) is 17.6 Å². The van der Waals surface area contributed by atoms with Gasteiger partial charge in [0.25, 0.3) is 5.56 Å². The predicted molar refractivity (Wildman–Crippen MR) is 112 cm³/mol. The van der Waals surface area contributed by atoms with Crippen molar-refractivity contribution in [3.05, 3.63) is 38.7 Å². The Bertz CT molecular complexity index is 875. The van der Waals surface area contributed by atoms with Crippen LogP contribution in [0.3, 0.4) is 0 Å². The van der Waals surface area contributed by atoms with Gasteiger partial charge in [0, 0.05) is 37.6 Å². The summed E-state index contributed by atoms with van der Waals surface area (Å²) < 4.78 is 1.54. The molecule has 3 heterocycles. The monoisotopic (exact) mass is 403 g/mol.